The molecule has 178 valence electrons. The molecule has 0 spiro atoms. The third-order valence-electron chi connectivity index (χ3n) is 6.02. The molecule has 2 aliphatic rings. The summed E-state index contributed by atoms with van der Waals surface area (Å²) in [5.41, 5.74) is 2.18. The highest BCUT2D eigenvalue weighted by Gasteiger charge is 2.47. The van der Waals surface area contributed by atoms with Crippen molar-refractivity contribution >= 4 is 17.7 Å². The highest BCUT2D eigenvalue weighted by molar-refractivity contribution is 6.12. The number of esters is 2. The number of phenolic OH excluding ortho intramolecular Hbond substituents is 1. The largest absolute Gasteiger partial charge is 0.504 e. The van der Waals surface area contributed by atoms with Gasteiger partial charge in [0.05, 0.1) is 26.4 Å². The zero-order chi connectivity index (χ0) is 24.3. The van der Waals surface area contributed by atoms with Gasteiger partial charge in [-0.1, -0.05) is 13.0 Å². The summed E-state index contributed by atoms with van der Waals surface area (Å²) >= 11 is 0. The van der Waals surface area contributed by atoms with E-state index >= 15 is 0 Å². The minimum absolute atomic E-state index is 0.0361. The van der Waals surface area contributed by atoms with Crippen LogP contribution in [0.2, 0.25) is 0 Å². The van der Waals surface area contributed by atoms with Crippen molar-refractivity contribution in [2.75, 3.05) is 34.5 Å². The molecule has 33 heavy (non-hydrogen) atoms. The molecule has 0 fully saturated rings. The van der Waals surface area contributed by atoms with Gasteiger partial charge >= 0.3 is 11.9 Å². The number of ketones is 1. The van der Waals surface area contributed by atoms with Crippen LogP contribution in [0.15, 0.2) is 40.7 Å². The van der Waals surface area contributed by atoms with Crippen molar-refractivity contribution in [3.63, 3.8) is 0 Å². The lowest BCUT2D eigenvalue weighted by atomic mass is 9.69. The Morgan fingerprint density at radius 2 is 1.91 bits per heavy atom. The maximum Gasteiger partial charge on any atom is 0.336 e. The number of rotatable bonds is 7. The first-order chi connectivity index (χ1) is 15.7. The number of dihydropyridines is 1. The van der Waals surface area contributed by atoms with Crippen molar-refractivity contribution in [2.24, 2.45) is 11.8 Å². The predicted octanol–water partition coefficient (Wildman–Crippen LogP) is 2.20. The number of carbonyl (C=O) groups is 3. The minimum atomic E-state index is -0.992. The molecule has 1 heterocycles. The summed E-state index contributed by atoms with van der Waals surface area (Å²) in [6.45, 7) is 3.80. The highest BCUT2D eigenvalue weighted by atomic mass is 16.6. The molecule has 3 atom stereocenters. The first-order valence-electron chi connectivity index (χ1n) is 10.6. The average molecular weight is 459 g/mol. The smallest absolute Gasteiger partial charge is 0.336 e. The van der Waals surface area contributed by atoms with E-state index in [0.29, 0.717) is 23.4 Å². The van der Waals surface area contributed by atoms with Crippen LogP contribution in [0.3, 0.4) is 0 Å². The van der Waals surface area contributed by atoms with Crippen LogP contribution in [0.5, 0.6) is 11.5 Å². The summed E-state index contributed by atoms with van der Waals surface area (Å²) in [4.78, 5) is 39.2. The van der Waals surface area contributed by atoms with Crippen LogP contribution in [0, 0.1) is 11.8 Å². The van der Waals surface area contributed by atoms with Gasteiger partial charge in [-0.25, -0.2) is 4.79 Å². The van der Waals surface area contributed by atoms with Crippen molar-refractivity contribution in [1.82, 2.24) is 5.32 Å². The fraction of sp³-hybridized carbons (Fsp3) is 0.458. The summed E-state index contributed by atoms with van der Waals surface area (Å²) in [5.74, 6) is -3.67. The molecule has 1 aromatic carbocycles. The molecular formula is C24H29NO8. The SMILES string of the molecule is COCCOC(=O)C1=C(C)NC2=C(C(=O)[C@@H](C(=O)OC)[C@H](C)C2)[C@@H]1c1ccc(OC)c(O)c1. The molecule has 3 rings (SSSR count). The summed E-state index contributed by atoms with van der Waals surface area (Å²) in [5, 5.41) is 13.6. The molecule has 1 aliphatic heterocycles. The number of hydrogen-bond acceptors (Lipinski definition) is 9. The summed E-state index contributed by atoms with van der Waals surface area (Å²) in [6.07, 6.45) is 0.419. The Balaban J connectivity index is 2.15. The van der Waals surface area contributed by atoms with E-state index in [1.807, 2.05) is 6.92 Å². The quantitative estimate of drug-likeness (QED) is 0.359. The number of aromatic hydroxyl groups is 1. The van der Waals surface area contributed by atoms with Gasteiger partial charge in [-0.3, -0.25) is 9.59 Å². The summed E-state index contributed by atoms with van der Waals surface area (Å²) in [7, 11) is 4.16. The normalized spacial score (nSPS) is 22.5. The zero-order valence-corrected chi connectivity index (χ0v) is 19.4. The summed E-state index contributed by atoms with van der Waals surface area (Å²) in [6, 6.07) is 4.69. The number of methoxy groups -OCH3 is 3. The standard InChI is InChI=1S/C24H29NO8/c1-12-10-15-21(22(27)18(12)23(28)32-5)20(14-6-7-17(31-4)16(26)11-14)19(13(2)25-15)24(29)33-9-8-30-3/h6-7,11-12,18,20,25-26H,8-10H2,1-5H3/t12-,18+,20-/m1/s1. The molecule has 0 saturated heterocycles. The highest BCUT2D eigenvalue weighted by Crippen LogP contribution is 2.46. The van der Waals surface area contributed by atoms with Crippen molar-refractivity contribution in [1.29, 1.82) is 0 Å². The molecule has 1 aliphatic carbocycles. The van der Waals surface area contributed by atoms with E-state index in [1.54, 1.807) is 19.1 Å². The molecule has 2 N–H and O–H groups in total. The van der Waals surface area contributed by atoms with Crippen molar-refractivity contribution in [2.45, 2.75) is 26.2 Å². The Morgan fingerprint density at radius 1 is 1.18 bits per heavy atom. The third kappa shape index (κ3) is 4.59. The van der Waals surface area contributed by atoms with Gasteiger partial charge in [-0.05, 0) is 37.0 Å². The number of carbonyl (C=O) groups excluding carboxylic acids is 3. The Morgan fingerprint density at radius 3 is 2.52 bits per heavy atom. The maximum absolute atomic E-state index is 13.6. The van der Waals surface area contributed by atoms with Crippen LogP contribution >= 0.6 is 0 Å². The number of hydrogen-bond donors (Lipinski definition) is 2. The first-order valence-corrected chi connectivity index (χ1v) is 10.6. The first kappa shape index (κ1) is 24.3. The van der Waals surface area contributed by atoms with Crippen molar-refractivity contribution < 1.29 is 38.4 Å². The third-order valence-corrected chi connectivity index (χ3v) is 6.02. The molecule has 0 radical (unpaired) electrons. The van der Waals surface area contributed by atoms with E-state index in [2.05, 4.69) is 5.32 Å². The van der Waals surface area contributed by atoms with Crippen molar-refractivity contribution in [3.05, 3.63) is 46.3 Å². The van der Waals surface area contributed by atoms with Gasteiger partial charge in [-0.2, -0.15) is 0 Å². The van der Waals surface area contributed by atoms with Gasteiger partial charge in [-0.15, -0.1) is 0 Å². The average Bonchev–Trinajstić information content (AvgIpc) is 2.77. The fourth-order valence-electron chi connectivity index (χ4n) is 4.47. The van der Waals surface area contributed by atoms with Crippen molar-refractivity contribution in [3.8, 4) is 11.5 Å². The van der Waals surface area contributed by atoms with Crippen LogP contribution < -0.4 is 10.1 Å². The number of phenols is 1. The predicted molar refractivity (Wildman–Crippen MR) is 117 cm³/mol. The summed E-state index contributed by atoms with van der Waals surface area (Å²) < 4.78 is 20.3. The van der Waals surface area contributed by atoms with Crippen LogP contribution in [-0.2, 0) is 28.6 Å². The van der Waals surface area contributed by atoms with Crippen LogP contribution in [-0.4, -0.2) is 57.4 Å². The van der Waals surface area contributed by atoms with Gasteiger partial charge in [0, 0.05) is 30.0 Å². The number of allylic oxidation sites excluding steroid dienone is 3. The van der Waals surface area contributed by atoms with E-state index in [0.717, 1.165) is 0 Å². The molecule has 0 aromatic heterocycles. The van der Waals surface area contributed by atoms with Crippen LogP contribution in [0.4, 0.5) is 0 Å². The molecule has 9 nitrogen and oxygen atoms in total. The number of ether oxygens (including phenoxy) is 4. The van der Waals surface area contributed by atoms with E-state index in [1.165, 1.54) is 27.4 Å². The second-order valence-electron chi connectivity index (χ2n) is 8.10. The number of Topliss-reactive ketones (excluding diaryl/α,β-unsaturated/α-hetero) is 1. The van der Waals surface area contributed by atoms with E-state index < -0.39 is 29.6 Å². The van der Waals surface area contributed by atoms with E-state index in [9.17, 15) is 19.5 Å². The topological polar surface area (TPSA) is 120 Å². The molecular weight excluding hydrogens is 430 g/mol. The second-order valence-corrected chi connectivity index (χ2v) is 8.10. The van der Waals surface area contributed by atoms with E-state index in [4.69, 9.17) is 18.9 Å². The molecule has 0 unspecified atom stereocenters. The molecule has 1 aromatic rings. The number of nitrogens with one attached hydrogen (secondary N) is 1. The molecule has 0 amide bonds. The fourth-order valence-corrected chi connectivity index (χ4v) is 4.47. The Hall–Kier alpha value is -3.33. The van der Waals surface area contributed by atoms with Crippen LogP contribution in [0.1, 0.15) is 31.7 Å². The maximum atomic E-state index is 13.6. The monoisotopic (exact) mass is 459 g/mol. The van der Waals surface area contributed by atoms with Gasteiger partial charge in [0.1, 0.15) is 12.5 Å². The van der Waals surface area contributed by atoms with E-state index in [-0.39, 0.29) is 41.8 Å². The lowest BCUT2D eigenvalue weighted by Gasteiger charge is -2.38. The van der Waals surface area contributed by atoms with Gasteiger partial charge in [0.15, 0.2) is 17.3 Å². The minimum Gasteiger partial charge on any atom is -0.504 e. The Kier molecular flexibility index (Phi) is 7.43. The molecule has 0 bridgehead atoms. The molecule has 9 heteroatoms. The zero-order valence-electron chi connectivity index (χ0n) is 19.4. The number of benzene rings is 1. The lowest BCUT2D eigenvalue weighted by molar-refractivity contribution is -0.151. The molecule has 0 saturated carbocycles. The second kappa shape index (κ2) is 10.1. The lowest BCUT2D eigenvalue weighted by Crippen LogP contribution is -2.43. The van der Waals surface area contributed by atoms with Crippen LogP contribution in [0.25, 0.3) is 0 Å². The Labute approximate surface area is 192 Å². The Bertz CT molecular complexity index is 1030. The van der Waals surface area contributed by atoms with Gasteiger partial charge in [0.25, 0.3) is 0 Å². The van der Waals surface area contributed by atoms with Gasteiger partial charge < -0.3 is 29.4 Å². The van der Waals surface area contributed by atoms with Gasteiger partial charge in [0.2, 0.25) is 0 Å².